The van der Waals surface area contributed by atoms with E-state index in [0.717, 1.165) is 26.1 Å². The monoisotopic (exact) mass is 335 g/mol. The summed E-state index contributed by atoms with van der Waals surface area (Å²) in [5.41, 5.74) is -0.198. The Bertz CT molecular complexity index is 574. The molecular formula is C17H25N3O4. The van der Waals surface area contributed by atoms with Crippen LogP contribution >= 0.6 is 0 Å². The summed E-state index contributed by atoms with van der Waals surface area (Å²) in [4.78, 5) is 29.0. The molecule has 0 radical (unpaired) electrons. The number of hydrogen-bond donors (Lipinski definition) is 2. The third-order valence-corrected chi connectivity index (χ3v) is 3.99. The van der Waals surface area contributed by atoms with E-state index < -0.39 is 11.6 Å². The molecule has 0 unspecified atom stereocenters. The van der Waals surface area contributed by atoms with Crippen molar-refractivity contribution in [2.24, 2.45) is 5.92 Å². The number of rotatable bonds is 4. The molecule has 0 atom stereocenters. The van der Waals surface area contributed by atoms with Gasteiger partial charge in [0.2, 0.25) is 0 Å². The zero-order chi connectivity index (χ0) is 17.7. The number of nitrogens with zero attached hydrogens (tertiary/aromatic N) is 2. The smallest absolute Gasteiger partial charge is 0.413 e. The minimum Gasteiger partial charge on any atom is -0.465 e. The Morgan fingerprint density at radius 3 is 2.50 bits per heavy atom. The molecule has 0 saturated carbocycles. The summed E-state index contributed by atoms with van der Waals surface area (Å²) in [5.74, 6) is 0.549. The first kappa shape index (κ1) is 18.2. The highest BCUT2D eigenvalue weighted by atomic mass is 16.5. The lowest BCUT2D eigenvalue weighted by Gasteiger charge is -2.32. The maximum absolute atomic E-state index is 12.2. The predicted molar refractivity (Wildman–Crippen MR) is 90.4 cm³/mol. The van der Waals surface area contributed by atoms with Crippen LogP contribution in [0.3, 0.4) is 0 Å². The molecule has 132 valence electrons. The summed E-state index contributed by atoms with van der Waals surface area (Å²) in [6.07, 6.45) is 2.25. The Kier molecular flexibility index (Phi) is 5.77. The van der Waals surface area contributed by atoms with Gasteiger partial charge < -0.3 is 15.2 Å². The molecular weight excluding hydrogens is 310 g/mol. The van der Waals surface area contributed by atoms with Crippen molar-refractivity contribution in [2.75, 3.05) is 24.7 Å². The van der Waals surface area contributed by atoms with E-state index in [2.05, 4.69) is 10.3 Å². The van der Waals surface area contributed by atoms with Crippen molar-refractivity contribution >= 4 is 17.8 Å². The molecule has 0 bridgehead atoms. The molecule has 7 nitrogen and oxygen atoms in total. The molecule has 2 heterocycles. The van der Waals surface area contributed by atoms with Gasteiger partial charge in [0.1, 0.15) is 5.82 Å². The van der Waals surface area contributed by atoms with Crippen LogP contribution in [0.5, 0.6) is 0 Å². The normalized spacial score (nSPS) is 15.8. The van der Waals surface area contributed by atoms with Gasteiger partial charge >= 0.3 is 6.09 Å². The molecule has 1 aromatic heterocycles. The van der Waals surface area contributed by atoms with Gasteiger partial charge in [-0.1, -0.05) is 0 Å². The number of carbonyl (C=O) groups excluding carboxylic acids is 1. The van der Waals surface area contributed by atoms with E-state index in [1.54, 1.807) is 32.9 Å². The van der Waals surface area contributed by atoms with Gasteiger partial charge in [-0.05, 0) is 51.7 Å². The van der Waals surface area contributed by atoms with E-state index in [9.17, 15) is 14.7 Å². The van der Waals surface area contributed by atoms with E-state index in [1.165, 1.54) is 11.1 Å². The molecule has 2 amide bonds. The number of nitrogens with one attached hydrogen (secondary N) is 1. The molecule has 1 aliphatic rings. The Labute approximate surface area is 142 Å². The molecule has 1 aromatic rings. The second-order valence-electron chi connectivity index (χ2n) is 6.96. The lowest BCUT2D eigenvalue weighted by Crippen LogP contribution is -2.45. The number of anilines is 1. The van der Waals surface area contributed by atoms with Crippen LogP contribution in [-0.2, 0) is 4.74 Å². The third-order valence-electron chi connectivity index (χ3n) is 3.99. The summed E-state index contributed by atoms with van der Waals surface area (Å²) < 4.78 is 5.30. The van der Waals surface area contributed by atoms with Crippen molar-refractivity contribution < 1.29 is 19.4 Å². The fraction of sp³-hybridized carbons (Fsp3) is 0.588. The first-order valence-corrected chi connectivity index (χ1v) is 8.14. The number of hydrogen-bond acceptors (Lipinski definition) is 4. The molecule has 1 aliphatic heterocycles. The fourth-order valence-corrected chi connectivity index (χ4v) is 2.67. The zero-order valence-corrected chi connectivity index (χ0v) is 14.4. The SMILES string of the molecule is CC(C)(C)N(C(=O)O)c1ccc(C(=O)NCC2CCOCC2)cn1. The molecule has 2 N–H and O–H groups in total. The summed E-state index contributed by atoms with van der Waals surface area (Å²) >= 11 is 0. The molecule has 24 heavy (non-hydrogen) atoms. The van der Waals surface area contributed by atoms with E-state index in [4.69, 9.17) is 4.74 Å². The van der Waals surface area contributed by atoms with Crippen LogP contribution in [0.1, 0.15) is 44.0 Å². The Morgan fingerprint density at radius 2 is 2.00 bits per heavy atom. The molecule has 0 aromatic carbocycles. The van der Waals surface area contributed by atoms with Crippen molar-refractivity contribution in [3.05, 3.63) is 23.9 Å². The number of carboxylic acid groups (broad SMARTS) is 1. The van der Waals surface area contributed by atoms with Crippen molar-refractivity contribution in [1.82, 2.24) is 10.3 Å². The zero-order valence-electron chi connectivity index (χ0n) is 14.4. The lowest BCUT2D eigenvalue weighted by molar-refractivity contribution is 0.0642. The minimum atomic E-state index is -1.08. The minimum absolute atomic E-state index is 0.196. The second-order valence-corrected chi connectivity index (χ2v) is 6.96. The highest BCUT2D eigenvalue weighted by Crippen LogP contribution is 2.22. The van der Waals surface area contributed by atoms with Gasteiger partial charge in [-0.3, -0.25) is 9.69 Å². The standard InChI is InChI=1S/C17H25N3O4/c1-17(2,3)20(16(22)23)14-5-4-13(11-18-14)15(21)19-10-12-6-8-24-9-7-12/h4-5,11-12H,6-10H2,1-3H3,(H,19,21)(H,22,23). The van der Waals surface area contributed by atoms with Gasteiger partial charge in [0.25, 0.3) is 5.91 Å². The first-order valence-electron chi connectivity index (χ1n) is 8.14. The number of ether oxygens (including phenoxy) is 1. The summed E-state index contributed by atoms with van der Waals surface area (Å²) in [6, 6.07) is 3.16. The van der Waals surface area contributed by atoms with E-state index in [1.807, 2.05) is 0 Å². The summed E-state index contributed by atoms with van der Waals surface area (Å²) in [7, 11) is 0. The van der Waals surface area contributed by atoms with E-state index in [-0.39, 0.29) is 5.91 Å². The molecule has 1 saturated heterocycles. The molecule has 7 heteroatoms. The van der Waals surface area contributed by atoms with Crippen LogP contribution in [0, 0.1) is 5.92 Å². The van der Waals surface area contributed by atoms with Gasteiger partial charge in [0.15, 0.2) is 0 Å². The first-order chi connectivity index (χ1) is 11.3. The quantitative estimate of drug-likeness (QED) is 0.882. The second kappa shape index (κ2) is 7.61. The van der Waals surface area contributed by atoms with Crippen molar-refractivity contribution in [3.63, 3.8) is 0 Å². The van der Waals surface area contributed by atoms with Crippen LogP contribution in [-0.4, -0.2) is 47.4 Å². The molecule has 2 rings (SSSR count). The van der Waals surface area contributed by atoms with Crippen molar-refractivity contribution in [3.8, 4) is 0 Å². The van der Waals surface area contributed by atoms with E-state index in [0.29, 0.717) is 23.8 Å². The van der Waals surface area contributed by atoms with Crippen LogP contribution in [0.25, 0.3) is 0 Å². The van der Waals surface area contributed by atoms with Crippen molar-refractivity contribution in [2.45, 2.75) is 39.2 Å². The number of carbonyl (C=O) groups is 2. The number of aromatic nitrogens is 1. The van der Waals surface area contributed by atoms with Crippen LogP contribution in [0.2, 0.25) is 0 Å². The van der Waals surface area contributed by atoms with Gasteiger partial charge in [0.05, 0.1) is 5.56 Å². The van der Waals surface area contributed by atoms with Crippen LogP contribution < -0.4 is 10.2 Å². The fourth-order valence-electron chi connectivity index (χ4n) is 2.67. The largest absolute Gasteiger partial charge is 0.465 e. The number of pyridine rings is 1. The maximum atomic E-state index is 12.2. The Balaban J connectivity index is 2.00. The molecule has 1 fully saturated rings. The highest BCUT2D eigenvalue weighted by Gasteiger charge is 2.29. The third kappa shape index (κ3) is 4.67. The summed E-state index contributed by atoms with van der Waals surface area (Å²) in [6.45, 7) is 7.47. The van der Waals surface area contributed by atoms with Crippen LogP contribution in [0.4, 0.5) is 10.6 Å². The topological polar surface area (TPSA) is 91.8 Å². The van der Waals surface area contributed by atoms with Gasteiger partial charge in [-0.2, -0.15) is 0 Å². The predicted octanol–water partition coefficient (Wildman–Crippen LogP) is 2.52. The van der Waals surface area contributed by atoms with Gasteiger partial charge in [0, 0.05) is 31.5 Å². The van der Waals surface area contributed by atoms with Crippen LogP contribution in [0.15, 0.2) is 18.3 Å². The Morgan fingerprint density at radius 1 is 1.33 bits per heavy atom. The van der Waals surface area contributed by atoms with Crippen molar-refractivity contribution in [1.29, 1.82) is 0 Å². The average Bonchev–Trinajstić information content (AvgIpc) is 2.52. The van der Waals surface area contributed by atoms with Gasteiger partial charge in [-0.25, -0.2) is 9.78 Å². The lowest BCUT2D eigenvalue weighted by atomic mass is 10.0. The number of amides is 2. The molecule has 0 aliphatic carbocycles. The Hall–Kier alpha value is -2.15. The molecule has 0 spiro atoms. The maximum Gasteiger partial charge on any atom is 0.413 e. The van der Waals surface area contributed by atoms with E-state index >= 15 is 0 Å². The average molecular weight is 335 g/mol. The van der Waals surface area contributed by atoms with Gasteiger partial charge in [-0.15, -0.1) is 0 Å². The summed E-state index contributed by atoms with van der Waals surface area (Å²) in [5, 5.41) is 12.3. The highest BCUT2D eigenvalue weighted by molar-refractivity contribution is 5.94.